The molecule has 1 amide bonds. The van der Waals surface area contributed by atoms with Crippen LogP contribution in [0.5, 0.6) is 5.75 Å². The van der Waals surface area contributed by atoms with Crippen molar-refractivity contribution >= 4 is 29.0 Å². The molecule has 26 heavy (non-hydrogen) atoms. The van der Waals surface area contributed by atoms with Crippen LogP contribution >= 0.6 is 0 Å². The molecule has 1 aliphatic rings. The SMILES string of the molecule is CNC1(CC=O)CN(c2cc3cc(OC)ccc3cn2)CCN1C(=O)O. The minimum absolute atomic E-state index is 0.0632. The number of rotatable bonds is 5. The summed E-state index contributed by atoms with van der Waals surface area (Å²) in [6.07, 6.45) is 1.55. The van der Waals surface area contributed by atoms with Crippen LogP contribution < -0.4 is 15.0 Å². The van der Waals surface area contributed by atoms with Gasteiger partial charge >= 0.3 is 6.09 Å². The highest BCUT2D eigenvalue weighted by atomic mass is 16.5. The molecule has 2 heterocycles. The summed E-state index contributed by atoms with van der Waals surface area (Å²) < 4.78 is 5.28. The molecule has 1 saturated heterocycles. The number of fused-ring (bicyclic) bond motifs is 1. The number of aromatic nitrogens is 1. The molecule has 1 aromatic heterocycles. The first-order chi connectivity index (χ1) is 12.5. The molecule has 3 rings (SSSR count). The zero-order chi connectivity index (χ0) is 18.7. The van der Waals surface area contributed by atoms with E-state index in [-0.39, 0.29) is 13.0 Å². The molecular weight excluding hydrogens is 336 g/mol. The topological polar surface area (TPSA) is 95.0 Å². The van der Waals surface area contributed by atoms with Crippen LogP contribution in [0.25, 0.3) is 10.8 Å². The number of carboxylic acid groups (broad SMARTS) is 1. The Kier molecular flexibility index (Phi) is 4.94. The number of carbonyl (C=O) groups excluding carboxylic acids is 1. The fourth-order valence-corrected chi connectivity index (χ4v) is 3.43. The Labute approximate surface area is 151 Å². The van der Waals surface area contributed by atoms with Gasteiger partial charge in [0.25, 0.3) is 0 Å². The summed E-state index contributed by atoms with van der Waals surface area (Å²) in [6, 6.07) is 7.71. The molecule has 0 saturated carbocycles. The third-order valence-corrected chi connectivity index (χ3v) is 4.92. The number of piperazine rings is 1. The van der Waals surface area contributed by atoms with E-state index in [1.54, 1.807) is 20.4 Å². The number of nitrogens with zero attached hydrogens (tertiary/aromatic N) is 3. The number of anilines is 1. The Morgan fingerprint density at radius 1 is 1.38 bits per heavy atom. The van der Waals surface area contributed by atoms with Gasteiger partial charge in [-0.2, -0.15) is 0 Å². The van der Waals surface area contributed by atoms with Crippen LogP contribution in [0.15, 0.2) is 30.5 Å². The Morgan fingerprint density at radius 2 is 2.19 bits per heavy atom. The van der Waals surface area contributed by atoms with E-state index < -0.39 is 11.8 Å². The van der Waals surface area contributed by atoms with Crippen molar-refractivity contribution in [3.8, 4) is 5.75 Å². The minimum atomic E-state index is -1.04. The molecule has 1 aromatic carbocycles. The lowest BCUT2D eigenvalue weighted by molar-refractivity contribution is -0.110. The van der Waals surface area contributed by atoms with Gasteiger partial charge in [-0.1, -0.05) is 0 Å². The van der Waals surface area contributed by atoms with Crippen LogP contribution in [-0.4, -0.2) is 66.8 Å². The van der Waals surface area contributed by atoms with E-state index in [1.165, 1.54) is 4.90 Å². The molecule has 2 aromatic rings. The molecule has 138 valence electrons. The summed E-state index contributed by atoms with van der Waals surface area (Å²) in [6.45, 7) is 1.11. The second-order valence-corrected chi connectivity index (χ2v) is 6.26. The Bertz CT molecular complexity index is 828. The molecular formula is C18H22N4O4. The number of hydrogen-bond donors (Lipinski definition) is 2. The van der Waals surface area contributed by atoms with Gasteiger partial charge in [0.15, 0.2) is 0 Å². The smallest absolute Gasteiger partial charge is 0.408 e. The monoisotopic (exact) mass is 358 g/mol. The van der Waals surface area contributed by atoms with Crippen LogP contribution in [0.1, 0.15) is 6.42 Å². The van der Waals surface area contributed by atoms with Crippen molar-refractivity contribution in [2.45, 2.75) is 12.1 Å². The Morgan fingerprint density at radius 3 is 2.85 bits per heavy atom. The lowest BCUT2D eigenvalue weighted by Gasteiger charge is -2.49. The van der Waals surface area contributed by atoms with E-state index in [4.69, 9.17) is 4.74 Å². The number of pyridine rings is 1. The summed E-state index contributed by atoms with van der Waals surface area (Å²) in [5, 5.41) is 14.5. The van der Waals surface area contributed by atoms with E-state index in [0.29, 0.717) is 13.1 Å². The van der Waals surface area contributed by atoms with Gasteiger partial charge in [-0.25, -0.2) is 9.78 Å². The highest BCUT2D eigenvalue weighted by molar-refractivity contribution is 5.85. The summed E-state index contributed by atoms with van der Waals surface area (Å²) in [5.74, 6) is 1.50. The Hall–Kier alpha value is -2.87. The number of aldehydes is 1. The number of hydrogen-bond acceptors (Lipinski definition) is 6. The summed E-state index contributed by atoms with van der Waals surface area (Å²) in [5.41, 5.74) is -0.975. The van der Waals surface area contributed by atoms with E-state index >= 15 is 0 Å². The van der Waals surface area contributed by atoms with Crippen LogP contribution in [0.3, 0.4) is 0 Å². The second-order valence-electron chi connectivity index (χ2n) is 6.26. The maximum absolute atomic E-state index is 11.6. The summed E-state index contributed by atoms with van der Waals surface area (Å²) in [4.78, 5) is 30.6. The molecule has 0 radical (unpaired) electrons. The molecule has 0 spiro atoms. The predicted molar refractivity (Wildman–Crippen MR) is 97.7 cm³/mol. The number of likely N-dealkylation sites (N-methyl/N-ethyl adjacent to an activating group) is 1. The van der Waals surface area contributed by atoms with Crippen molar-refractivity contribution in [2.75, 3.05) is 38.7 Å². The van der Waals surface area contributed by atoms with Crippen molar-refractivity contribution < 1.29 is 19.4 Å². The molecule has 1 fully saturated rings. The quantitative estimate of drug-likeness (QED) is 0.783. The average molecular weight is 358 g/mol. The molecule has 8 heteroatoms. The summed E-state index contributed by atoms with van der Waals surface area (Å²) >= 11 is 0. The number of ether oxygens (including phenoxy) is 1. The highest BCUT2D eigenvalue weighted by Gasteiger charge is 2.43. The van der Waals surface area contributed by atoms with Gasteiger partial charge in [-0.3, -0.25) is 10.2 Å². The van der Waals surface area contributed by atoms with Crippen LogP contribution in [-0.2, 0) is 4.79 Å². The number of benzene rings is 1. The van der Waals surface area contributed by atoms with Crippen molar-refractivity contribution in [3.63, 3.8) is 0 Å². The van der Waals surface area contributed by atoms with Crippen molar-refractivity contribution in [1.29, 1.82) is 0 Å². The predicted octanol–water partition coefficient (Wildman–Crippen LogP) is 1.55. The standard InChI is InChI=1S/C18H22N4O4/c1-19-18(5-8-23)12-21(6-7-22(18)17(24)25)16-10-14-9-15(26-2)4-3-13(14)11-20-16/h3-4,8-11,19H,5-7,12H2,1-2H3,(H,24,25). The fourth-order valence-electron chi connectivity index (χ4n) is 3.43. The van der Waals surface area contributed by atoms with Crippen LogP contribution in [0, 0.1) is 0 Å². The van der Waals surface area contributed by atoms with E-state index in [1.807, 2.05) is 29.2 Å². The highest BCUT2D eigenvalue weighted by Crippen LogP contribution is 2.28. The van der Waals surface area contributed by atoms with Gasteiger partial charge < -0.3 is 19.5 Å². The van der Waals surface area contributed by atoms with E-state index in [9.17, 15) is 14.7 Å². The Balaban J connectivity index is 1.95. The van der Waals surface area contributed by atoms with Gasteiger partial charge in [0, 0.05) is 31.1 Å². The zero-order valence-corrected chi connectivity index (χ0v) is 14.8. The molecule has 0 bridgehead atoms. The molecule has 2 N–H and O–H groups in total. The van der Waals surface area contributed by atoms with Gasteiger partial charge in [-0.15, -0.1) is 0 Å². The van der Waals surface area contributed by atoms with Crippen molar-refractivity contribution in [2.24, 2.45) is 0 Å². The lowest BCUT2D eigenvalue weighted by Crippen LogP contribution is -2.70. The molecule has 1 aliphatic heterocycles. The second kappa shape index (κ2) is 7.17. The maximum atomic E-state index is 11.6. The summed E-state index contributed by atoms with van der Waals surface area (Å²) in [7, 11) is 3.29. The van der Waals surface area contributed by atoms with E-state index in [2.05, 4.69) is 10.3 Å². The zero-order valence-electron chi connectivity index (χ0n) is 14.8. The number of methoxy groups -OCH3 is 1. The molecule has 8 nitrogen and oxygen atoms in total. The van der Waals surface area contributed by atoms with Gasteiger partial charge in [0.1, 0.15) is 23.5 Å². The first-order valence-electron chi connectivity index (χ1n) is 8.35. The van der Waals surface area contributed by atoms with Crippen molar-refractivity contribution in [1.82, 2.24) is 15.2 Å². The maximum Gasteiger partial charge on any atom is 0.408 e. The van der Waals surface area contributed by atoms with Gasteiger partial charge in [0.2, 0.25) is 0 Å². The lowest BCUT2D eigenvalue weighted by atomic mass is 10.0. The number of amides is 1. The van der Waals surface area contributed by atoms with Crippen molar-refractivity contribution in [3.05, 3.63) is 30.5 Å². The molecule has 0 aliphatic carbocycles. The number of carbonyl (C=O) groups is 2. The minimum Gasteiger partial charge on any atom is -0.497 e. The molecule has 1 unspecified atom stereocenters. The molecule has 1 atom stereocenters. The first-order valence-corrected chi connectivity index (χ1v) is 8.35. The third-order valence-electron chi connectivity index (χ3n) is 4.92. The van der Waals surface area contributed by atoms with E-state index in [0.717, 1.165) is 28.6 Å². The normalized spacial score (nSPS) is 20.2. The first kappa shape index (κ1) is 17.9. The van der Waals surface area contributed by atoms with Gasteiger partial charge in [-0.05, 0) is 36.7 Å². The third kappa shape index (κ3) is 3.15. The largest absolute Gasteiger partial charge is 0.497 e. The number of nitrogens with one attached hydrogen (secondary N) is 1. The van der Waals surface area contributed by atoms with Crippen LogP contribution in [0.4, 0.5) is 10.6 Å². The fraction of sp³-hybridized carbons (Fsp3) is 0.389. The van der Waals surface area contributed by atoms with Gasteiger partial charge in [0.05, 0.1) is 13.7 Å². The average Bonchev–Trinajstić information content (AvgIpc) is 2.66. The van der Waals surface area contributed by atoms with Crippen LogP contribution in [0.2, 0.25) is 0 Å².